The fourth-order valence-electron chi connectivity index (χ4n) is 2.76. The SMILES string of the molecule is CNC(C(=O)NCCN1CCC(C)CC1)c1cnn(C)c1.Cl.Cl. The van der Waals surface area contributed by atoms with E-state index in [1.54, 1.807) is 17.9 Å². The Bertz CT molecular complexity index is 460. The second kappa shape index (κ2) is 10.9. The van der Waals surface area contributed by atoms with Gasteiger partial charge in [-0.05, 0) is 38.9 Å². The van der Waals surface area contributed by atoms with Crippen molar-refractivity contribution in [1.29, 1.82) is 0 Å². The molecule has 1 amide bonds. The molecule has 2 N–H and O–H groups in total. The average Bonchev–Trinajstić information content (AvgIpc) is 2.88. The zero-order valence-electron chi connectivity index (χ0n) is 14.1. The van der Waals surface area contributed by atoms with Crippen LogP contribution in [0.1, 0.15) is 31.4 Å². The summed E-state index contributed by atoms with van der Waals surface area (Å²) in [6.45, 7) is 6.24. The van der Waals surface area contributed by atoms with Gasteiger partial charge in [0.25, 0.3) is 0 Å². The van der Waals surface area contributed by atoms with E-state index in [9.17, 15) is 4.79 Å². The van der Waals surface area contributed by atoms with Crippen LogP contribution < -0.4 is 10.6 Å². The summed E-state index contributed by atoms with van der Waals surface area (Å²) in [5.74, 6) is 0.853. The summed E-state index contributed by atoms with van der Waals surface area (Å²) in [4.78, 5) is 14.7. The minimum absolute atomic E-state index is 0. The van der Waals surface area contributed by atoms with Crippen LogP contribution in [0.5, 0.6) is 0 Å². The molecule has 23 heavy (non-hydrogen) atoms. The molecule has 1 aromatic rings. The number of amides is 1. The number of hydrogen-bond acceptors (Lipinski definition) is 4. The lowest BCUT2D eigenvalue weighted by atomic mass is 9.99. The number of carbonyl (C=O) groups is 1. The smallest absolute Gasteiger partial charge is 0.241 e. The second-order valence-corrected chi connectivity index (χ2v) is 5.98. The van der Waals surface area contributed by atoms with Crippen LogP contribution in [0.3, 0.4) is 0 Å². The van der Waals surface area contributed by atoms with Crippen LogP contribution in [0.4, 0.5) is 0 Å². The molecule has 0 aromatic carbocycles. The topological polar surface area (TPSA) is 62.2 Å². The number of likely N-dealkylation sites (tertiary alicyclic amines) is 1. The van der Waals surface area contributed by atoms with Crippen molar-refractivity contribution in [2.24, 2.45) is 13.0 Å². The predicted molar refractivity (Wildman–Crippen MR) is 97.4 cm³/mol. The van der Waals surface area contributed by atoms with E-state index in [1.807, 2.05) is 13.2 Å². The van der Waals surface area contributed by atoms with E-state index >= 15 is 0 Å². The third-order valence-corrected chi connectivity index (χ3v) is 4.21. The van der Waals surface area contributed by atoms with Crippen molar-refractivity contribution in [1.82, 2.24) is 25.3 Å². The van der Waals surface area contributed by atoms with Gasteiger partial charge in [-0.2, -0.15) is 5.10 Å². The zero-order valence-corrected chi connectivity index (χ0v) is 15.8. The van der Waals surface area contributed by atoms with Gasteiger partial charge in [0, 0.05) is 31.9 Å². The summed E-state index contributed by atoms with van der Waals surface area (Å²) >= 11 is 0. The first-order valence-corrected chi connectivity index (χ1v) is 7.76. The van der Waals surface area contributed by atoms with Gasteiger partial charge < -0.3 is 15.5 Å². The van der Waals surface area contributed by atoms with Crippen molar-refractivity contribution >= 4 is 30.7 Å². The molecule has 0 spiro atoms. The first-order valence-electron chi connectivity index (χ1n) is 7.76. The van der Waals surface area contributed by atoms with Crippen molar-refractivity contribution in [3.8, 4) is 0 Å². The highest BCUT2D eigenvalue weighted by Crippen LogP contribution is 2.15. The lowest BCUT2D eigenvalue weighted by Crippen LogP contribution is -2.42. The highest BCUT2D eigenvalue weighted by atomic mass is 35.5. The number of carbonyl (C=O) groups excluding carboxylic acids is 1. The van der Waals surface area contributed by atoms with Crippen LogP contribution >= 0.6 is 24.8 Å². The van der Waals surface area contributed by atoms with E-state index in [1.165, 1.54) is 12.8 Å². The number of nitrogens with one attached hydrogen (secondary N) is 2. The lowest BCUT2D eigenvalue weighted by Gasteiger charge is -2.30. The molecule has 1 aliphatic rings. The van der Waals surface area contributed by atoms with Gasteiger partial charge in [0.1, 0.15) is 6.04 Å². The highest BCUT2D eigenvalue weighted by molar-refractivity contribution is 5.85. The molecular weight excluding hydrogens is 337 g/mol. The molecular formula is C15H29Cl2N5O. The minimum atomic E-state index is -0.333. The molecule has 2 heterocycles. The van der Waals surface area contributed by atoms with E-state index in [0.29, 0.717) is 6.54 Å². The van der Waals surface area contributed by atoms with E-state index in [0.717, 1.165) is 31.1 Å². The van der Waals surface area contributed by atoms with Crippen molar-refractivity contribution in [2.75, 3.05) is 33.2 Å². The van der Waals surface area contributed by atoms with Gasteiger partial charge in [-0.1, -0.05) is 6.92 Å². The molecule has 1 atom stereocenters. The Morgan fingerprint density at radius 1 is 1.39 bits per heavy atom. The van der Waals surface area contributed by atoms with Crippen LogP contribution in [-0.2, 0) is 11.8 Å². The number of halogens is 2. The normalized spacial score (nSPS) is 17.0. The maximum atomic E-state index is 12.2. The molecule has 0 bridgehead atoms. The molecule has 1 fully saturated rings. The quantitative estimate of drug-likeness (QED) is 0.799. The number of aryl methyl sites for hydroxylation is 1. The molecule has 0 saturated carbocycles. The van der Waals surface area contributed by atoms with Crippen LogP contribution in [0.15, 0.2) is 12.4 Å². The molecule has 6 nitrogen and oxygen atoms in total. The monoisotopic (exact) mass is 365 g/mol. The number of rotatable bonds is 6. The molecule has 0 radical (unpaired) electrons. The fraction of sp³-hybridized carbons (Fsp3) is 0.733. The summed E-state index contributed by atoms with van der Waals surface area (Å²) < 4.78 is 1.71. The van der Waals surface area contributed by atoms with Gasteiger partial charge in [-0.15, -0.1) is 24.8 Å². The Morgan fingerprint density at radius 3 is 2.57 bits per heavy atom. The summed E-state index contributed by atoms with van der Waals surface area (Å²) in [6.07, 6.45) is 6.13. The number of nitrogens with zero attached hydrogens (tertiary/aromatic N) is 3. The van der Waals surface area contributed by atoms with Crippen molar-refractivity contribution in [3.63, 3.8) is 0 Å². The minimum Gasteiger partial charge on any atom is -0.353 e. The van der Waals surface area contributed by atoms with Crippen LogP contribution in [0, 0.1) is 5.92 Å². The third kappa shape index (κ3) is 6.67. The fourth-order valence-corrected chi connectivity index (χ4v) is 2.76. The molecule has 1 aromatic heterocycles. The Hall–Kier alpha value is -0.820. The van der Waals surface area contributed by atoms with Gasteiger partial charge in [0.05, 0.1) is 6.20 Å². The summed E-state index contributed by atoms with van der Waals surface area (Å²) in [5, 5.41) is 10.2. The Balaban J connectivity index is 0.00000242. The van der Waals surface area contributed by atoms with E-state index in [2.05, 4.69) is 27.6 Å². The van der Waals surface area contributed by atoms with E-state index in [4.69, 9.17) is 0 Å². The number of piperidine rings is 1. The predicted octanol–water partition coefficient (Wildman–Crippen LogP) is 1.37. The molecule has 8 heteroatoms. The molecule has 1 aliphatic heterocycles. The maximum absolute atomic E-state index is 12.2. The third-order valence-electron chi connectivity index (χ3n) is 4.21. The molecule has 0 aliphatic carbocycles. The van der Waals surface area contributed by atoms with E-state index < -0.39 is 0 Å². The van der Waals surface area contributed by atoms with Crippen molar-refractivity contribution in [2.45, 2.75) is 25.8 Å². The van der Waals surface area contributed by atoms with Gasteiger partial charge in [0.2, 0.25) is 5.91 Å². The lowest BCUT2D eigenvalue weighted by molar-refractivity contribution is -0.123. The summed E-state index contributed by atoms with van der Waals surface area (Å²) in [5.41, 5.74) is 0.893. The average molecular weight is 366 g/mol. The largest absolute Gasteiger partial charge is 0.353 e. The van der Waals surface area contributed by atoms with Gasteiger partial charge in [0.15, 0.2) is 0 Å². The van der Waals surface area contributed by atoms with Gasteiger partial charge >= 0.3 is 0 Å². The van der Waals surface area contributed by atoms with Crippen molar-refractivity contribution in [3.05, 3.63) is 18.0 Å². The highest BCUT2D eigenvalue weighted by Gasteiger charge is 2.20. The van der Waals surface area contributed by atoms with Gasteiger partial charge in [-0.3, -0.25) is 9.48 Å². The van der Waals surface area contributed by atoms with E-state index in [-0.39, 0.29) is 36.8 Å². The zero-order chi connectivity index (χ0) is 15.2. The van der Waals surface area contributed by atoms with Crippen LogP contribution in [-0.4, -0.2) is 53.8 Å². The summed E-state index contributed by atoms with van der Waals surface area (Å²) in [7, 11) is 3.65. The second-order valence-electron chi connectivity index (χ2n) is 5.98. The number of aromatic nitrogens is 2. The Labute approximate surface area is 151 Å². The number of hydrogen-bond donors (Lipinski definition) is 2. The number of likely N-dealkylation sites (N-methyl/N-ethyl adjacent to an activating group) is 1. The van der Waals surface area contributed by atoms with Crippen molar-refractivity contribution < 1.29 is 4.79 Å². The molecule has 1 unspecified atom stereocenters. The molecule has 134 valence electrons. The maximum Gasteiger partial charge on any atom is 0.241 e. The van der Waals surface area contributed by atoms with Crippen LogP contribution in [0.2, 0.25) is 0 Å². The van der Waals surface area contributed by atoms with Gasteiger partial charge in [-0.25, -0.2) is 0 Å². The first kappa shape index (κ1) is 22.2. The molecule has 1 saturated heterocycles. The molecule has 2 rings (SSSR count). The first-order chi connectivity index (χ1) is 10.1. The summed E-state index contributed by atoms with van der Waals surface area (Å²) in [6, 6.07) is -0.333. The Morgan fingerprint density at radius 2 is 2.04 bits per heavy atom. The Kier molecular flexibility index (Phi) is 10.5. The van der Waals surface area contributed by atoms with Crippen LogP contribution in [0.25, 0.3) is 0 Å². The standard InChI is InChI=1S/C15H27N5O.2ClH/c1-12-4-7-20(8-5-12)9-6-17-15(21)14(16-2)13-10-18-19(3)11-13;;/h10-12,14,16H,4-9H2,1-3H3,(H,17,21);2*1H.